The lowest BCUT2D eigenvalue weighted by atomic mass is 10.00. The Labute approximate surface area is 169 Å². The molecule has 0 bridgehead atoms. The van der Waals surface area contributed by atoms with Crippen molar-refractivity contribution in [2.75, 3.05) is 6.61 Å². The molecule has 0 unspecified atom stereocenters. The van der Waals surface area contributed by atoms with Crippen molar-refractivity contribution in [3.63, 3.8) is 0 Å². The first kappa shape index (κ1) is 20.3. The predicted molar refractivity (Wildman–Crippen MR) is 111 cm³/mol. The van der Waals surface area contributed by atoms with Gasteiger partial charge in [-0.1, -0.05) is 42.5 Å². The minimum Gasteiger partial charge on any atom is -0.451 e. The molecule has 0 radical (unpaired) electrons. The molecule has 0 spiro atoms. The summed E-state index contributed by atoms with van der Waals surface area (Å²) in [5.41, 5.74) is 2.80. The average molecular weight is 392 g/mol. The number of ketones is 1. The van der Waals surface area contributed by atoms with Gasteiger partial charge in [-0.05, 0) is 49.6 Å². The Balaban J connectivity index is 1.65. The van der Waals surface area contributed by atoms with E-state index in [0.29, 0.717) is 16.8 Å². The molecular formula is C23H24N2O4. The summed E-state index contributed by atoms with van der Waals surface area (Å²) in [7, 11) is 0. The maximum Gasteiger partial charge on any atom is 0.355 e. The number of rotatable bonds is 6. The van der Waals surface area contributed by atoms with Gasteiger partial charge in [0.15, 0.2) is 12.4 Å². The molecule has 3 aromatic rings. The van der Waals surface area contributed by atoms with E-state index in [1.54, 1.807) is 13.8 Å². The van der Waals surface area contributed by atoms with Gasteiger partial charge in [0.2, 0.25) is 0 Å². The van der Waals surface area contributed by atoms with Crippen LogP contribution in [0.5, 0.6) is 0 Å². The first-order valence-electron chi connectivity index (χ1n) is 9.43. The third kappa shape index (κ3) is 4.21. The molecule has 0 fully saturated rings. The van der Waals surface area contributed by atoms with Crippen LogP contribution in [-0.2, 0) is 9.53 Å². The average Bonchev–Trinajstić information content (AvgIpc) is 2.99. The predicted octanol–water partition coefficient (Wildman–Crippen LogP) is 4.02. The highest BCUT2D eigenvalue weighted by molar-refractivity contribution is 6.01. The van der Waals surface area contributed by atoms with Gasteiger partial charge in [-0.2, -0.15) is 0 Å². The molecule has 0 aliphatic heterocycles. The van der Waals surface area contributed by atoms with Crippen molar-refractivity contribution < 1.29 is 19.1 Å². The lowest BCUT2D eigenvalue weighted by Gasteiger charge is -2.16. The number of nitrogens with one attached hydrogen (secondary N) is 2. The quantitative estimate of drug-likeness (QED) is 0.490. The van der Waals surface area contributed by atoms with E-state index in [1.165, 1.54) is 6.92 Å². The first-order chi connectivity index (χ1) is 13.8. The normalized spacial score (nSPS) is 11.9. The molecule has 150 valence electrons. The monoisotopic (exact) mass is 392 g/mol. The van der Waals surface area contributed by atoms with Crippen LogP contribution in [0.15, 0.2) is 42.5 Å². The van der Waals surface area contributed by atoms with Crippen LogP contribution in [0.2, 0.25) is 0 Å². The van der Waals surface area contributed by atoms with Crippen LogP contribution in [0.4, 0.5) is 0 Å². The smallest absolute Gasteiger partial charge is 0.355 e. The summed E-state index contributed by atoms with van der Waals surface area (Å²) < 4.78 is 5.15. The number of H-pyrrole nitrogens is 1. The van der Waals surface area contributed by atoms with Gasteiger partial charge < -0.3 is 15.0 Å². The summed E-state index contributed by atoms with van der Waals surface area (Å²) in [5.74, 6) is -1.19. The SMILES string of the molecule is CC(=O)c1c(C)[nH]c(C(=O)OCC(=O)N[C@@H](C)c2cccc3ccccc23)c1C. The maximum atomic E-state index is 12.3. The zero-order valence-corrected chi connectivity index (χ0v) is 17.0. The van der Waals surface area contributed by atoms with Gasteiger partial charge in [-0.25, -0.2) is 4.79 Å². The number of amides is 1. The van der Waals surface area contributed by atoms with Gasteiger partial charge in [0.25, 0.3) is 5.91 Å². The van der Waals surface area contributed by atoms with Gasteiger partial charge in [-0.15, -0.1) is 0 Å². The van der Waals surface area contributed by atoms with Crippen LogP contribution in [-0.4, -0.2) is 29.3 Å². The van der Waals surface area contributed by atoms with Crippen LogP contribution in [0.25, 0.3) is 10.8 Å². The molecular weight excluding hydrogens is 368 g/mol. The van der Waals surface area contributed by atoms with E-state index in [-0.39, 0.29) is 17.5 Å². The minimum atomic E-state index is -0.661. The molecule has 0 saturated heterocycles. The van der Waals surface area contributed by atoms with Crippen LogP contribution in [0.1, 0.15) is 57.6 Å². The van der Waals surface area contributed by atoms with Crippen LogP contribution >= 0.6 is 0 Å². The first-order valence-corrected chi connectivity index (χ1v) is 9.43. The van der Waals surface area contributed by atoms with Crippen molar-refractivity contribution in [3.8, 4) is 0 Å². The third-order valence-electron chi connectivity index (χ3n) is 5.00. The zero-order chi connectivity index (χ0) is 21.1. The van der Waals surface area contributed by atoms with Crippen molar-refractivity contribution in [1.82, 2.24) is 10.3 Å². The van der Waals surface area contributed by atoms with Crippen molar-refractivity contribution in [2.24, 2.45) is 0 Å². The summed E-state index contributed by atoms with van der Waals surface area (Å²) >= 11 is 0. The molecule has 1 heterocycles. The fourth-order valence-electron chi connectivity index (χ4n) is 3.67. The fourth-order valence-corrected chi connectivity index (χ4v) is 3.67. The summed E-state index contributed by atoms with van der Waals surface area (Å²) in [6.45, 7) is 6.33. The second-order valence-electron chi connectivity index (χ2n) is 7.11. The Hall–Kier alpha value is -3.41. The van der Waals surface area contributed by atoms with Crippen molar-refractivity contribution >= 4 is 28.4 Å². The Morgan fingerprint density at radius 2 is 1.76 bits per heavy atom. The molecule has 6 nitrogen and oxygen atoms in total. The highest BCUT2D eigenvalue weighted by Gasteiger charge is 2.22. The van der Waals surface area contributed by atoms with Crippen molar-refractivity contribution in [1.29, 1.82) is 0 Å². The number of aromatic nitrogens is 1. The number of hydrogen-bond donors (Lipinski definition) is 2. The number of carbonyl (C=O) groups is 3. The Kier molecular flexibility index (Phi) is 5.82. The van der Waals surface area contributed by atoms with E-state index in [0.717, 1.165) is 16.3 Å². The highest BCUT2D eigenvalue weighted by atomic mass is 16.5. The highest BCUT2D eigenvalue weighted by Crippen LogP contribution is 2.24. The van der Waals surface area contributed by atoms with E-state index < -0.39 is 18.5 Å². The van der Waals surface area contributed by atoms with Gasteiger partial charge in [-0.3, -0.25) is 9.59 Å². The third-order valence-corrected chi connectivity index (χ3v) is 5.00. The number of carbonyl (C=O) groups excluding carboxylic acids is 3. The fraction of sp³-hybridized carbons (Fsp3) is 0.261. The second-order valence-corrected chi connectivity index (χ2v) is 7.11. The van der Waals surface area contributed by atoms with Gasteiger partial charge in [0.05, 0.1) is 6.04 Å². The second kappa shape index (κ2) is 8.31. The standard InChI is InChI=1S/C23H24N2O4/c1-13-21(16(4)26)15(3)25-22(13)23(28)29-12-20(27)24-14(2)18-11-7-9-17-8-5-6-10-19(17)18/h5-11,14,25H,12H2,1-4H3,(H,24,27)/t14-/m0/s1. The van der Waals surface area contributed by atoms with E-state index in [2.05, 4.69) is 10.3 Å². The number of aryl methyl sites for hydroxylation is 1. The zero-order valence-electron chi connectivity index (χ0n) is 17.0. The summed E-state index contributed by atoms with van der Waals surface area (Å²) in [6, 6.07) is 13.6. The number of Topliss-reactive ketones (excluding diaryl/α,β-unsaturated/α-hetero) is 1. The van der Waals surface area contributed by atoms with Gasteiger partial charge >= 0.3 is 5.97 Å². The number of fused-ring (bicyclic) bond motifs is 1. The molecule has 1 amide bonds. The van der Waals surface area contributed by atoms with Crippen LogP contribution in [0.3, 0.4) is 0 Å². The van der Waals surface area contributed by atoms with E-state index in [4.69, 9.17) is 4.74 Å². The summed E-state index contributed by atoms with van der Waals surface area (Å²) in [6.07, 6.45) is 0. The molecule has 2 aromatic carbocycles. The number of esters is 1. The molecule has 0 aliphatic carbocycles. The molecule has 3 rings (SSSR count). The Morgan fingerprint density at radius 1 is 1.07 bits per heavy atom. The van der Waals surface area contributed by atoms with E-state index in [9.17, 15) is 14.4 Å². The van der Waals surface area contributed by atoms with Gasteiger partial charge in [0.1, 0.15) is 5.69 Å². The van der Waals surface area contributed by atoms with E-state index in [1.807, 2.05) is 49.4 Å². The lowest BCUT2D eigenvalue weighted by molar-refractivity contribution is -0.124. The molecule has 0 aliphatic rings. The number of ether oxygens (including phenoxy) is 1. The van der Waals surface area contributed by atoms with Crippen LogP contribution in [0, 0.1) is 13.8 Å². The molecule has 1 aromatic heterocycles. The molecule has 1 atom stereocenters. The molecule has 0 saturated carbocycles. The van der Waals surface area contributed by atoms with Gasteiger partial charge in [0, 0.05) is 11.3 Å². The number of hydrogen-bond acceptors (Lipinski definition) is 4. The van der Waals surface area contributed by atoms with E-state index >= 15 is 0 Å². The minimum absolute atomic E-state index is 0.128. The molecule has 6 heteroatoms. The Morgan fingerprint density at radius 3 is 2.45 bits per heavy atom. The summed E-state index contributed by atoms with van der Waals surface area (Å²) in [5, 5.41) is 5.02. The van der Waals surface area contributed by atoms with Crippen molar-refractivity contribution in [2.45, 2.75) is 33.7 Å². The largest absolute Gasteiger partial charge is 0.451 e. The molecule has 2 N–H and O–H groups in total. The number of benzene rings is 2. The number of aromatic amines is 1. The summed E-state index contributed by atoms with van der Waals surface area (Å²) in [4.78, 5) is 39.2. The molecule has 29 heavy (non-hydrogen) atoms. The van der Waals surface area contributed by atoms with Crippen molar-refractivity contribution in [3.05, 3.63) is 70.5 Å². The maximum absolute atomic E-state index is 12.3. The lowest BCUT2D eigenvalue weighted by Crippen LogP contribution is -2.31. The Bertz CT molecular complexity index is 1090. The van der Waals surface area contributed by atoms with Crippen LogP contribution < -0.4 is 5.32 Å². The topological polar surface area (TPSA) is 88.3 Å².